The minimum Gasteiger partial charge on any atom is -0.336 e. The number of hydrogen-bond donors (Lipinski definition) is 0. The topological polar surface area (TPSA) is 54.5 Å². The van der Waals surface area contributed by atoms with Crippen molar-refractivity contribution in [2.75, 3.05) is 31.1 Å². The number of sulfone groups is 1. The molecular weight excluding hydrogens is 309 g/mol. The van der Waals surface area contributed by atoms with E-state index >= 15 is 0 Å². The average Bonchev–Trinajstić information content (AvgIpc) is 2.37. The smallest absolute Gasteiger partial charge is 0.253 e. The summed E-state index contributed by atoms with van der Waals surface area (Å²) in [4.78, 5) is 13.9. The molecule has 0 unspecified atom stereocenters. The summed E-state index contributed by atoms with van der Waals surface area (Å²) in [5, 5.41) is 0. The van der Waals surface area contributed by atoms with Gasteiger partial charge in [-0.15, -0.1) is 23.2 Å². The number of alkyl halides is 2. The minimum atomic E-state index is -3.25. The molecule has 0 aliphatic rings. The lowest BCUT2D eigenvalue weighted by atomic mass is 10.2. The summed E-state index contributed by atoms with van der Waals surface area (Å²) in [6.45, 7) is 0.807. The Balaban J connectivity index is 2.93. The summed E-state index contributed by atoms with van der Waals surface area (Å²) < 4.78 is 22.6. The van der Waals surface area contributed by atoms with E-state index in [1.165, 1.54) is 29.2 Å². The number of carbonyl (C=O) groups is 1. The largest absolute Gasteiger partial charge is 0.336 e. The van der Waals surface area contributed by atoms with E-state index in [-0.39, 0.29) is 10.8 Å². The summed E-state index contributed by atoms with van der Waals surface area (Å²) in [5.41, 5.74) is 0.419. The van der Waals surface area contributed by atoms with E-state index in [4.69, 9.17) is 23.2 Å². The van der Waals surface area contributed by atoms with Gasteiger partial charge >= 0.3 is 0 Å². The maximum atomic E-state index is 12.1. The van der Waals surface area contributed by atoms with Gasteiger partial charge in [0.2, 0.25) is 0 Å². The van der Waals surface area contributed by atoms with Crippen LogP contribution in [-0.4, -0.2) is 50.3 Å². The van der Waals surface area contributed by atoms with Crippen LogP contribution in [0.25, 0.3) is 0 Å². The zero-order valence-corrected chi connectivity index (χ0v) is 12.8. The Morgan fingerprint density at radius 1 is 1.11 bits per heavy atom. The van der Waals surface area contributed by atoms with Crippen molar-refractivity contribution in [3.05, 3.63) is 29.8 Å². The first-order valence-corrected chi connectivity index (χ1v) is 8.57. The van der Waals surface area contributed by atoms with Crippen LogP contribution in [0.2, 0.25) is 0 Å². The van der Waals surface area contributed by atoms with E-state index in [1.807, 2.05) is 0 Å². The van der Waals surface area contributed by atoms with Crippen molar-refractivity contribution in [1.82, 2.24) is 4.90 Å². The van der Waals surface area contributed by atoms with Crippen LogP contribution in [0, 0.1) is 0 Å². The van der Waals surface area contributed by atoms with E-state index in [0.717, 1.165) is 6.26 Å². The number of carbonyl (C=O) groups excluding carboxylic acids is 1. The van der Waals surface area contributed by atoms with Crippen LogP contribution in [0.1, 0.15) is 10.4 Å². The molecule has 1 aromatic carbocycles. The lowest BCUT2D eigenvalue weighted by Crippen LogP contribution is -2.34. The van der Waals surface area contributed by atoms with Crippen LogP contribution in [0.15, 0.2) is 29.2 Å². The second-order valence-corrected chi connectivity index (χ2v) is 6.74. The number of nitrogens with zero attached hydrogens (tertiary/aromatic N) is 1. The fourth-order valence-electron chi connectivity index (χ4n) is 1.55. The van der Waals surface area contributed by atoms with Crippen molar-refractivity contribution >= 4 is 38.9 Å². The molecule has 0 atom stereocenters. The summed E-state index contributed by atoms with van der Waals surface area (Å²) in [5.74, 6) is 0.440. The molecule has 0 saturated carbocycles. The second kappa shape index (κ2) is 7.12. The van der Waals surface area contributed by atoms with Gasteiger partial charge in [-0.05, 0) is 24.3 Å². The van der Waals surface area contributed by atoms with Crippen molar-refractivity contribution in [2.45, 2.75) is 4.90 Å². The third-order valence-corrected chi connectivity index (χ3v) is 3.99. The molecule has 0 fully saturated rings. The molecule has 0 saturated heterocycles. The minimum absolute atomic E-state index is 0.185. The van der Waals surface area contributed by atoms with Crippen molar-refractivity contribution in [1.29, 1.82) is 0 Å². The fraction of sp³-hybridized carbons (Fsp3) is 0.417. The molecule has 0 spiro atoms. The van der Waals surface area contributed by atoms with E-state index in [1.54, 1.807) is 0 Å². The van der Waals surface area contributed by atoms with Gasteiger partial charge in [-0.3, -0.25) is 4.79 Å². The number of rotatable bonds is 6. The molecule has 1 rings (SSSR count). The lowest BCUT2D eigenvalue weighted by molar-refractivity contribution is 0.0775. The highest BCUT2D eigenvalue weighted by atomic mass is 35.5. The third kappa shape index (κ3) is 4.67. The normalized spacial score (nSPS) is 11.3. The third-order valence-electron chi connectivity index (χ3n) is 2.53. The number of benzene rings is 1. The Kier molecular flexibility index (Phi) is 6.10. The van der Waals surface area contributed by atoms with Crippen LogP contribution >= 0.6 is 23.2 Å². The van der Waals surface area contributed by atoms with Gasteiger partial charge in [0.1, 0.15) is 0 Å². The molecular formula is C12H15Cl2NO3S. The van der Waals surface area contributed by atoms with E-state index < -0.39 is 9.84 Å². The molecule has 7 heteroatoms. The van der Waals surface area contributed by atoms with Crippen molar-refractivity contribution in [3.63, 3.8) is 0 Å². The Hall–Kier alpha value is -0.780. The second-order valence-electron chi connectivity index (χ2n) is 3.97. The quantitative estimate of drug-likeness (QED) is 0.752. The first kappa shape index (κ1) is 16.3. The Morgan fingerprint density at radius 3 is 1.95 bits per heavy atom. The van der Waals surface area contributed by atoms with Gasteiger partial charge in [-0.1, -0.05) is 0 Å². The molecule has 0 aliphatic heterocycles. The summed E-state index contributed by atoms with van der Waals surface area (Å²) in [6.07, 6.45) is 1.12. The van der Waals surface area contributed by atoms with E-state index in [9.17, 15) is 13.2 Å². The van der Waals surface area contributed by atoms with Gasteiger partial charge in [0.05, 0.1) is 4.90 Å². The fourth-order valence-corrected chi connectivity index (χ4v) is 2.58. The molecule has 0 radical (unpaired) electrons. The highest BCUT2D eigenvalue weighted by Crippen LogP contribution is 2.12. The Bertz CT molecular complexity index is 522. The van der Waals surface area contributed by atoms with Crippen LogP contribution in [0.5, 0.6) is 0 Å². The van der Waals surface area contributed by atoms with Gasteiger partial charge in [0.25, 0.3) is 5.91 Å². The van der Waals surface area contributed by atoms with Gasteiger partial charge in [-0.25, -0.2) is 8.42 Å². The van der Waals surface area contributed by atoms with Crippen molar-refractivity contribution in [2.24, 2.45) is 0 Å². The molecule has 106 valence electrons. The molecule has 19 heavy (non-hydrogen) atoms. The zero-order chi connectivity index (χ0) is 14.5. The molecule has 1 aromatic rings. The van der Waals surface area contributed by atoms with Crippen molar-refractivity contribution < 1.29 is 13.2 Å². The van der Waals surface area contributed by atoms with Crippen LogP contribution < -0.4 is 0 Å². The van der Waals surface area contributed by atoms with Gasteiger partial charge < -0.3 is 4.90 Å². The van der Waals surface area contributed by atoms with Gasteiger partial charge in [0, 0.05) is 36.7 Å². The van der Waals surface area contributed by atoms with Crippen LogP contribution in [0.4, 0.5) is 0 Å². The predicted octanol–water partition coefficient (Wildman–Crippen LogP) is 2.01. The van der Waals surface area contributed by atoms with E-state index in [0.29, 0.717) is 30.4 Å². The van der Waals surface area contributed by atoms with E-state index in [2.05, 4.69) is 0 Å². The Morgan fingerprint density at radius 2 is 1.58 bits per heavy atom. The maximum Gasteiger partial charge on any atom is 0.253 e. The molecule has 1 amide bonds. The van der Waals surface area contributed by atoms with Crippen LogP contribution in [-0.2, 0) is 9.84 Å². The predicted molar refractivity (Wildman–Crippen MR) is 76.9 cm³/mol. The summed E-state index contributed by atoms with van der Waals surface area (Å²) in [7, 11) is -3.25. The van der Waals surface area contributed by atoms with Gasteiger partial charge in [-0.2, -0.15) is 0 Å². The molecule has 0 heterocycles. The lowest BCUT2D eigenvalue weighted by Gasteiger charge is -2.20. The average molecular weight is 324 g/mol. The summed E-state index contributed by atoms with van der Waals surface area (Å²) in [6, 6.07) is 5.83. The molecule has 0 aliphatic carbocycles. The monoisotopic (exact) mass is 323 g/mol. The molecule has 4 nitrogen and oxygen atoms in total. The van der Waals surface area contributed by atoms with Crippen LogP contribution in [0.3, 0.4) is 0 Å². The highest BCUT2D eigenvalue weighted by molar-refractivity contribution is 7.90. The number of halogens is 2. The van der Waals surface area contributed by atoms with Crippen molar-refractivity contribution in [3.8, 4) is 0 Å². The first-order chi connectivity index (χ1) is 8.90. The highest BCUT2D eigenvalue weighted by Gasteiger charge is 2.15. The molecule has 0 bridgehead atoms. The Labute approximate surface area is 123 Å². The summed E-state index contributed by atoms with van der Waals surface area (Å²) >= 11 is 11.3. The molecule has 0 aromatic heterocycles. The molecule has 0 N–H and O–H groups in total. The van der Waals surface area contributed by atoms with Gasteiger partial charge in [0.15, 0.2) is 9.84 Å². The first-order valence-electron chi connectivity index (χ1n) is 5.61. The SMILES string of the molecule is CS(=O)(=O)c1ccc(C(=O)N(CCCl)CCCl)cc1. The number of amides is 1. The maximum absolute atomic E-state index is 12.1. The standard InChI is InChI=1S/C12H15Cl2NO3S/c1-19(17,18)11-4-2-10(3-5-11)12(16)15(8-6-13)9-7-14/h2-5H,6-9H2,1H3. The zero-order valence-electron chi connectivity index (χ0n) is 10.5. The number of hydrogen-bond acceptors (Lipinski definition) is 3.